The average molecular weight is 356 g/mol. The summed E-state index contributed by atoms with van der Waals surface area (Å²) >= 11 is 1.63. The van der Waals surface area contributed by atoms with Crippen molar-refractivity contribution in [3.05, 3.63) is 33.5 Å². The lowest BCUT2D eigenvalue weighted by Crippen LogP contribution is -2.39. The van der Waals surface area contributed by atoms with Gasteiger partial charge in [0.15, 0.2) is 5.69 Å². The Morgan fingerprint density at radius 1 is 1.48 bits per heavy atom. The van der Waals surface area contributed by atoms with E-state index in [2.05, 4.69) is 20.5 Å². The Labute approximate surface area is 146 Å². The predicted octanol–water partition coefficient (Wildman–Crippen LogP) is 2.03. The van der Waals surface area contributed by atoms with Crippen LogP contribution in [0.5, 0.6) is 0 Å². The van der Waals surface area contributed by atoms with Crippen LogP contribution in [0.15, 0.2) is 11.6 Å². The number of aromatic amines is 1. The molecule has 0 saturated heterocycles. The summed E-state index contributed by atoms with van der Waals surface area (Å²) in [6, 6.07) is 0.136. The van der Waals surface area contributed by atoms with Crippen LogP contribution >= 0.6 is 23.7 Å². The molecule has 6 nitrogen and oxygen atoms in total. The monoisotopic (exact) mass is 355 g/mol. The number of hydrogen-bond donors (Lipinski definition) is 2. The zero-order chi connectivity index (χ0) is 15.5. The molecule has 0 aliphatic carbocycles. The minimum atomic E-state index is 0. The first-order valence-electron chi connectivity index (χ1n) is 7.63. The second-order valence-electron chi connectivity index (χ2n) is 5.72. The maximum absolute atomic E-state index is 12.9. The van der Waals surface area contributed by atoms with Gasteiger partial charge >= 0.3 is 0 Å². The van der Waals surface area contributed by atoms with Crippen molar-refractivity contribution in [2.24, 2.45) is 0 Å². The van der Waals surface area contributed by atoms with Gasteiger partial charge in [0.2, 0.25) is 0 Å². The number of fused-ring (bicyclic) bond motifs is 1. The molecule has 23 heavy (non-hydrogen) atoms. The van der Waals surface area contributed by atoms with Gasteiger partial charge in [-0.15, -0.1) is 23.7 Å². The van der Waals surface area contributed by atoms with E-state index in [4.69, 9.17) is 0 Å². The van der Waals surface area contributed by atoms with Crippen molar-refractivity contribution >= 4 is 29.7 Å². The highest BCUT2D eigenvalue weighted by molar-refractivity contribution is 7.09. The van der Waals surface area contributed by atoms with Crippen molar-refractivity contribution in [1.82, 2.24) is 25.4 Å². The zero-order valence-electron chi connectivity index (χ0n) is 13.3. The number of halogens is 1. The number of nitrogens with zero attached hydrogens (tertiary/aromatic N) is 3. The van der Waals surface area contributed by atoms with Crippen molar-refractivity contribution in [2.45, 2.75) is 39.3 Å². The van der Waals surface area contributed by atoms with Gasteiger partial charge in [-0.25, -0.2) is 4.98 Å². The number of thiazole rings is 1. The van der Waals surface area contributed by atoms with E-state index in [9.17, 15) is 4.79 Å². The Morgan fingerprint density at radius 2 is 2.30 bits per heavy atom. The molecule has 3 heterocycles. The number of carbonyl (C=O) groups is 1. The van der Waals surface area contributed by atoms with Gasteiger partial charge < -0.3 is 10.2 Å². The van der Waals surface area contributed by atoms with Crippen molar-refractivity contribution in [3.63, 3.8) is 0 Å². The lowest BCUT2D eigenvalue weighted by Gasteiger charge is -2.26. The molecule has 0 fully saturated rings. The molecule has 3 rings (SSSR count). The van der Waals surface area contributed by atoms with Crippen molar-refractivity contribution in [3.8, 4) is 0 Å². The van der Waals surface area contributed by atoms with Gasteiger partial charge in [-0.3, -0.25) is 9.89 Å². The quantitative estimate of drug-likeness (QED) is 0.860. The van der Waals surface area contributed by atoms with Gasteiger partial charge in [-0.05, 0) is 13.8 Å². The van der Waals surface area contributed by atoms with E-state index in [-0.39, 0.29) is 24.4 Å². The molecule has 0 radical (unpaired) electrons. The molecule has 0 spiro atoms. The van der Waals surface area contributed by atoms with Crippen molar-refractivity contribution in [1.29, 1.82) is 0 Å². The number of H-pyrrole nitrogens is 1. The van der Waals surface area contributed by atoms with E-state index in [0.29, 0.717) is 18.8 Å². The summed E-state index contributed by atoms with van der Waals surface area (Å²) in [6.07, 6.45) is 3.49. The number of rotatable bonds is 5. The summed E-state index contributed by atoms with van der Waals surface area (Å²) in [7, 11) is 0. The Morgan fingerprint density at radius 3 is 3.00 bits per heavy atom. The largest absolute Gasteiger partial charge is 0.334 e. The Hall–Kier alpha value is -1.44. The summed E-state index contributed by atoms with van der Waals surface area (Å²) in [5.74, 6) is 0.00718. The summed E-state index contributed by atoms with van der Waals surface area (Å²) in [6.45, 7) is 6.39. The number of aromatic nitrogens is 3. The Balaban J connectivity index is 0.00000192. The second kappa shape index (κ2) is 7.90. The van der Waals surface area contributed by atoms with Gasteiger partial charge in [0, 0.05) is 61.4 Å². The fourth-order valence-corrected chi connectivity index (χ4v) is 3.33. The third kappa shape index (κ3) is 3.91. The van der Waals surface area contributed by atoms with Crippen LogP contribution in [0.3, 0.4) is 0 Å². The molecule has 0 bridgehead atoms. The van der Waals surface area contributed by atoms with Crippen LogP contribution in [0.2, 0.25) is 0 Å². The first-order valence-corrected chi connectivity index (χ1v) is 8.51. The van der Waals surface area contributed by atoms with Gasteiger partial charge in [-0.2, -0.15) is 5.10 Å². The van der Waals surface area contributed by atoms with Crippen molar-refractivity contribution in [2.75, 3.05) is 13.1 Å². The lowest BCUT2D eigenvalue weighted by atomic mass is 10.1. The molecular weight excluding hydrogens is 334 g/mol. The first-order chi connectivity index (χ1) is 10.7. The number of nitrogens with one attached hydrogen (secondary N) is 2. The fourth-order valence-electron chi connectivity index (χ4n) is 2.72. The molecule has 1 amide bonds. The molecule has 1 aliphatic heterocycles. The van der Waals surface area contributed by atoms with Crippen LogP contribution in [0, 0.1) is 0 Å². The maximum Gasteiger partial charge on any atom is 0.274 e. The lowest BCUT2D eigenvalue weighted by molar-refractivity contribution is 0.0700. The predicted molar refractivity (Wildman–Crippen MR) is 93.2 cm³/mol. The number of amides is 1. The SMILES string of the molecule is CC(C)N(CCc1nccs1)C(=O)c1n[nH]c2c1CNCC2.Cl. The molecule has 0 aromatic carbocycles. The molecule has 8 heteroatoms. The minimum absolute atomic E-state index is 0. The number of hydrogen-bond acceptors (Lipinski definition) is 5. The van der Waals surface area contributed by atoms with E-state index in [1.807, 2.05) is 24.1 Å². The van der Waals surface area contributed by atoms with Crippen LogP contribution < -0.4 is 5.32 Å². The highest BCUT2D eigenvalue weighted by Crippen LogP contribution is 2.18. The van der Waals surface area contributed by atoms with Crippen LogP contribution in [0.25, 0.3) is 0 Å². The average Bonchev–Trinajstić information content (AvgIpc) is 3.16. The normalized spacial score (nSPS) is 13.5. The van der Waals surface area contributed by atoms with E-state index in [1.165, 1.54) is 0 Å². The first kappa shape index (κ1) is 17.9. The van der Waals surface area contributed by atoms with E-state index in [0.717, 1.165) is 35.7 Å². The topological polar surface area (TPSA) is 73.9 Å². The van der Waals surface area contributed by atoms with Crippen molar-refractivity contribution < 1.29 is 4.79 Å². The minimum Gasteiger partial charge on any atom is -0.334 e. The third-order valence-corrected chi connectivity index (χ3v) is 4.78. The third-order valence-electron chi connectivity index (χ3n) is 3.94. The number of carbonyl (C=O) groups excluding carboxylic acids is 1. The molecule has 2 aromatic rings. The maximum atomic E-state index is 12.9. The highest BCUT2D eigenvalue weighted by atomic mass is 35.5. The van der Waals surface area contributed by atoms with Crippen LogP contribution in [-0.2, 0) is 19.4 Å². The summed E-state index contributed by atoms with van der Waals surface area (Å²) in [5, 5.41) is 13.6. The van der Waals surface area contributed by atoms with Gasteiger partial charge in [0.25, 0.3) is 5.91 Å². The molecule has 0 atom stereocenters. The molecular formula is C15H22ClN5OS. The van der Waals surface area contributed by atoms with E-state index < -0.39 is 0 Å². The molecule has 2 aromatic heterocycles. The summed E-state index contributed by atoms with van der Waals surface area (Å²) in [4.78, 5) is 19.0. The van der Waals surface area contributed by atoms with Crippen LogP contribution in [0.4, 0.5) is 0 Å². The van der Waals surface area contributed by atoms with E-state index >= 15 is 0 Å². The summed E-state index contributed by atoms with van der Waals surface area (Å²) in [5.41, 5.74) is 2.68. The van der Waals surface area contributed by atoms with Gasteiger partial charge in [-0.1, -0.05) is 0 Å². The standard InChI is InChI=1S/C15H21N5OS.ClH/c1-10(2)20(7-4-13-17-6-8-22-13)15(21)14-11-9-16-5-3-12(11)18-19-14;/h6,8,10,16H,3-5,7,9H2,1-2H3,(H,18,19);1H. The van der Waals surface area contributed by atoms with E-state index in [1.54, 1.807) is 17.5 Å². The molecule has 0 unspecified atom stereocenters. The molecule has 2 N–H and O–H groups in total. The zero-order valence-corrected chi connectivity index (χ0v) is 15.0. The van der Waals surface area contributed by atoms with Crippen LogP contribution in [0.1, 0.15) is 40.6 Å². The molecule has 0 saturated carbocycles. The fraction of sp³-hybridized carbons (Fsp3) is 0.533. The Kier molecular flexibility index (Phi) is 6.15. The smallest absolute Gasteiger partial charge is 0.274 e. The molecule has 126 valence electrons. The highest BCUT2D eigenvalue weighted by Gasteiger charge is 2.26. The van der Waals surface area contributed by atoms with Gasteiger partial charge in [0.05, 0.1) is 5.01 Å². The Bertz CT molecular complexity index is 640. The van der Waals surface area contributed by atoms with Gasteiger partial charge in [0.1, 0.15) is 0 Å². The van der Waals surface area contributed by atoms with Crippen LogP contribution in [-0.4, -0.2) is 45.1 Å². The summed E-state index contributed by atoms with van der Waals surface area (Å²) < 4.78 is 0. The second-order valence-corrected chi connectivity index (χ2v) is 6.70. The molecule has 1 aliphatic rings.